The van der Waals surface area contributed by atoms with E-state index in [-0.39, 0.29) is 0 Å². The van der Waals surface area contributed by atoms with Crippen LogP contribution in [-0.2, 0) is 27.5 Å². The van der Waals surface area contributed by atoms with Crippen LogP contribution >= 0.6 is 17.5 Å². The van der Waals surface area contributed by atoms with Gasteiger partial charge in [-0.15, -0.1) is 0 Å². The van der Waals surface area contributed by atoms with Gasteiger partial charge >= 0.3 is 50.3 Å². The first-order valence-electron chi connectivity index (χ1n) is 11.6. The molecule has 0 aliphatic carbocycles. The summed E-state index contributed by atoms with van der Waals surface area (Å²) in [6.45, 7) is 9.00. The molecule has 0 unspecified atom stereocenters. The number of pyridine rings is 2. The van der Waals surface area contributed by atoms with Gasteiger partial charge in [0.1, 0.15) is 15.9 Å². The first kappa shape index (κ1) is 31.8. The van der Waals surface area contributed by atoms with Crippen molar-refractivity contribution >= 4 is 55.2 Å². The molecule has 0 aliphatic heterocycles. The van der Waals surface area contributed by atoms with Gasteiger partial charge in [0.25, 0.3) is 0 Å². The van der Waals surface area contributed by atoms with Gasteiger partial charge in [0.15, 0.2) is 0 Å². The molecule has 0 aliphatic rings. The van der Waals surface area contributed by atoms with E-state index >= 15 is 0 Å². The molecule has 0 spiro atoms. The summed E-state index contributed by atoms with van der Waals surface area (Å²) in [4.78, 5) is 8.69. The van der Waals surface area contributed by atoms with Crippen LogP contribution in [0.1, 0.15) is 0 Å². The first-order valence-corrected chi connectivity index (χ1v) is 16.4. The molecule has 0 bridgehead atoms. The Morgan fingerprint density at radius 1 is 0.462 bits per heavy atom. The zero-order valence-electron chi connectivity index (χ0n) is 20.7. The van der Waals surface area contributed by atoms with Gasteiger partial charge in [0.2, 0.25) is 0 Å². The van der Waals surface area contributed by atoms with Gasteiger partial charge in [0.05, 0.1) is 19.0 Å². The van der Waals surface area contributed by atoms with Crippen molar-refractivity contribution in [2.24, 2.45) is 0 Å². The van der Waals surface area contributed by atoms with Crippen LogP contribution in [-0.4, -0.2) is 9.97 Å². The van der Waals surface area contributed by atoms with Gasteiger partial charge < -0.3 is 0 Å². The second-order valence-electron chi connectivity index (χ2n) is 7.69. The van der Waals surface area contributed by atoms with E-state index in [2.05, 4.69) is 139 Å². The van der Waals surface area contributed by atoms with E-state index in [4.69, 9.17) is 18.8 Å². The maximum absolute atomic E-state index is 7.50. The predicted octanol–water partition coefficient (Wildman–Crippen LogP) is 6.57. The second-order valence-corrected chi connectivity index (χ2v) is 10.2. The number of nitrogens with zero attached hydrogens (tertiary/aromatic N) is 2. The number of rotatable bonds is 3. The van der Waals surface area contributed by atoms with Crippen molar-refractivity contribution in [1.29, 1.82) is 0 Å². The molecular formula is C32H24ClN2O2PRe+. The Labute approximate surface area is 244 Å². The van der Waals surface area contributed by atoms with E-state index in [1.165, 1.54) is 34.1 Å². The van der Waals surface area contributed by atoms with E-state index in [1.54, 1.807) is 12.4 Å². The molecule has 192 valence electrons. The van der Waals surface area contributed by atoms with Crippen LogP contribution < -0.4 is 15.9 Å². The molecule has 4 nitrogen and oxygen atoms in total. The van der Waals surface area contributed by atoms with Crippen LogP contribution in [0.2, 0.25) is 0 Å². The Morgan fingerprint density at radius 3 is 1.08 bits per heavy atom. The van der Waals surface area contributed by atoms with Crippen LogP contribution in [0, 0.1) is 13.3 Å². The van der Waals surface area contributed by atoms with Gasteiger partial charge in [-0.3, -0.25) is 9.97 Å². The molecule has 2 aromatic heterocycles. The van der Waals surface area contributed by atoms with Gasteiger partial charge in [0, 0.05) is 23.2 Å². The Kier molecular flexibility index (Phi) is 15.3. The average molecular weight is 721 g/mol. The minimum absolute atomic E-state index is 0.877. The molecule has 0 amide bonds. The summed E-state index contributed by atoms with van der Waals surface area (Å²) in [5.74, 6) is 0. The van der Waals surface area contributed by atoms with Crippen molar-refractivity contribution in [2.75, 3.05) is 0 Å². The van der Waals surface area contributed by atoms with E-state index in [9.17, 15) is 0 Å². The Bertz CT molecular complexity index is 1410. The Balaban J connectivity index is 0.000000236. The molecule has 0 saturated carbocycles. The SMILES string of the molecule is [C-]#[O+].[C-]#[O+].[Cl][Re].c1ccc([PH+](c2ccccc2)c2ccccc2)cc1.c1cnc2c(c1)ccc1cccnc12. The fraction of sp³-hybridized carbons (Fsp3) is 0. The topological polar surface area (TPSA) is 65.6 Å². The van der Waals surface area contributed by atoms with Crippen LogP contribution in [0.5, 0.6) is 0 Å². The van der Waals surface area contributed by atoms with E-state index in [1.807, 2.05) is 12.1 Å². The second kappa shape index (κ2) is 18.8. The van der Waals surface area contributed by atoms with Crippen molar-refractivity contribution in [3.63, 3.8) is 0 Å². The summed E-state index contributed by atoms with van der Waals surface area (Å²) >= 11 is 1.19. The summed E-state index contributed by atoms with van der Waals surface area (Å²) in [6.07, 6.45) is 3.60. The molecule has 4 aromatic carbocycles. The van der Waals surface area contributed by atoms with Crippen LogP contribution in [0.25, 0.3) is 21.8 Å². The molecule has 0 radical (unpaired) electrons. The summed E-state index contributed by atoms with van der Waals surface area (Å²) in [7, 11) is 3.82. The normalized spacial score (nSPS) is 9.31. The number of halogens is 1. The molecule has 0 N–H and O–H groups in total. The van der Waals surface area contributed by atoms with Crippen molar-refractivity contribution in [3.05, 3.63) is 153 Å². The third-order valence-corrected chi connectivity index (χ3v) is 8.26. The van der Waals surface area contributed by atoms with Crippen LogP contribution in [0.15, 0.2) is 140 Å². The van der Waals surface area contributed by atoms with Crippen LogP contribution in [0.3, 0.4) is 0 Å². The smallest absolute Gasteiger partial charge is 0.102 e. The number of hydrogen-bond acceptors (Lipinski definition) is 2. The minimum atomic E-state index is -0.877. The van der Waals surface area contributed by atoms with Gasteiger partial charge in [-0.05, 0) is 48.5 Å². The summed E-state index contributed by atoms with van der Waals surface area (Å²) in [5, 5.41) is 6.58. The van der Waals surface area contributed by atoms with Gasteiger partial charge in [-0.2, -0.15) is 0 Å². The van der Waals surface area contributed by atoms with Gasteiger partial charge in [-0.25, -0.2) is 0 Å². The van der Waals surface area contributed by atoms with Crippen molar-refractivity contribution in [2.45, 2.75) is 0 Å². The standard InChI is InChI=1S/C18H15P.C12H8N2.2CO.ClH.Re/c1-4-10-16(11-5-1)19(17-12-6-2-7-13-17)18-14-8-3-9-15-18;1-3-9-5-6-10-4-2-8-14-12(10)11(9)13-7-1;2*1-2;;/h1-15H;1-8H;;;1H;/q;;;;;+1. The quantitative estimate of drug-likeness (QED) is 0.0899. The molecule has 0 atom stereocenters. The van der Waals surface area contributed by atoms with Crippen molar-refractivity contribution in [3.8, 4) is 0 Å². The van der Waals surface area contributed by atoms with Crippen molar-refractivity contribution < 1.29 is 27.5 Å². The molecule has 0 saturated heterocycles. The number of fused-ring (bicyclic) bond motifs is 3. The molecule has 7 heteroatoms. The number of hydrogen-bond donors (Lipinski definition) is 0. The predicted molar refractivity (Wildman–Crippen MR) is 157 cm³/mol. The summed E-state index contributed by atoms with van der Waals surface area (Å²) in [6, 6.07) is 44.6. The average Bonchev–Trinajstić information content (AvgIpc) is 3.06. The van der Waals surface area contributed by atoms with E-state index < -0.39 is 7.92 Å². The fourth-order valence-electron chi connectivity index (χ4n) is 3.99. The molecule has 6 aromatic rings. The largest absolute Gasteiger partial charge is 0.254 e. The molecule has 2 heterocycles. The summed E-state index contributed by atoms with van der Waals surface area (Å²) < 4.78 is 15.0. The monoisotopic (exact) mass is 721 g/mol. The summed E-state index contributed by atoms with van der Waals surface area (Å²) in [5.41, 5.74) is 1.95. The first-order chi connectivity index (χ1) is 19.4. The molecule has 0 fully saturated rings. The maximum Gasteiger partial charge on any atom is 0.102 e. The Hall–Kier alpha value is -3.44. The molecule has 39 heavy (non-hydrogen) atoms. The van der Waals surface area contributed by atoms with E-state index in [0.29, 0.717) is 0 Å². The maximum atomic E-state index is 7.50. The molecular weight excluding hydrogens is 697 g/mol. The zero-order valence-corrected chi connectivity index (χ0v) is 25.2. The van der Waals surface area contributed by atoms with E-state index in [0.717, 1.165) is 21.8 Å². The minimum Gasteiger partial charge on any atom is -0.254 e. The van der Waals surface area contributed by atoms with Crippen molar-refractivity contribution in [1.82, 2.24) is 9.97 Å². The zero-order chi connectivity index (χ0) is 28.3. The number of benzene rings is 4. The third kappa shape index (κ3) is 9.07. The Morgan fingerprint density at radius 2 is 0.769 bits per heavy atom. The molecule has 6 rings (SSSR count). The third-order valence-electron chi connectivity index (χ3n) is 5.53. The fourth-order valence-corrected chi connectivity index (χ4v) is 6.57. The van der Waals surface area contributed by atoms with Crippen LogP contribution in [0.4, 0.5) is 0 Å². The van der Waals surface area contributed by atoms with Gasteiger partial charge in [-0.1, -0.05) is 78.9 Å². The number of aromatic nitrogens is 2.